The van der Waals surface area contributed by atoms with Gasteiger partial charge in [-0.3, -0.25) is 4.79 Å². The maximum absolute atomic E-state index is 13.3. The fourth-order valence-corrected chi connectivity index (χ4v) is 2.27. The number of aromatic nitrogens is 2. The number of carbonyl (C=O) groups is 1. The predicted molar refractivity (Wildman–Crippen MR) is 75.0 cm³/mol. The van der Waals surface area contributed by atoms with E-state index in [0.717, 1.165) is 6.20 Å². The van der Waals surface area contributed by atoms with Crippen LogP contribution < -0.4 is 10.1 Å². The lowest BCUT2D eigenvalue weighted by atomic mass is 10.0. The molecular weight excluding hydrogens is 295 g/mol. The van der Waals surface area contributed by atoms with Crippen LogP contribution in [0, 0.1) is 5.82 Å². The van der Waals surface area contributed by atoms with Gasteiger partial charge in [0.1, 0.15) is 6.61 Å². The molecular formula is C13H19FN4O4. The van der Waals surface area contributed by atoms with Gasteiger partial charge >= 0.3 is 0 Å². The number of nitrogens with one attached hydrogen (secondary N) is 1. The topological polar surface area (TPSA) is 96.8 Å². The Hall–Kier alpha value is -2.00. The number of aliphatic hydroxyl groups is 1. The van der Waals surface area contributed by atoms with Gasteiger partial charge in [-0.25, -0.2) is 4.98 Å². The van der Waals surface area contributed by atoms with Gasteiger partial charge in [-0.1, -0.05) is 0 Å². The number of methoxy groups -OCH3 is 2. The highest BCUT2D eigenvalue weighted by atomic mass is 19.1. The van der Waals surface area contributed by atoms with Gasteiger partial charge < -0.3 is 24.8 Å². The molecule has 0 saturated carbocycles. The Morgan fingerprint density at radius 1 is 1.59 bits per heavy atom. The molecule has 1 aromatic heterocycles. The number of halogens is 1. The summed E-state index contributed by atoms with van der Waals surface area (Å²) in [6.07, 6.45) is 0.728. The average molecular weight is 314 g/mol. The highest BCUT2D eigenvalue weighted by Crippen LogP contribution is 2.18. The molecule has 9 heteroatoms. The van der Waals surface area contributed by atoms with E-state index in [9.17, 15) is 14.3 Å². The molecule has 2 rings (SSSR count). The van der Waals surface area contributed by atoms with Gasteiger partial charge in [-0.05, 0) is 6.42 Å². The highest BCUT2D eigenvalue weighted by molar-refractivity contribution is 5.77. The first-order valence-electron chi connectivity index (χ1n) is 6.83. The molecule has 0 unspecified atom stereocenters. The van der Waals surface area contributed by atoms with Crippen LogP contribution in [-0.4, -0.2) is 71.9 Å². The van der Waals surface area contributed by atoms with E-state index >= 15 is 0 Å². The van der Waals surface area contributed by atoms with E-state index in [2.05, 4.69) is 15.3 Å². The van der Waals surface area contributed by atoms with Gasteiger partial charge in [-0.15, -0.1) is 0 Å². The molecule has 0 aromatic carbocycles. The molecule has 122 valence electrons. The molecule has 1 saturated heterocycles. The summed E-state index contributed by atoms with van der Waals surface area (Å²) in [6.45, 7) is 0.663. The molecule has 1 fully saturated rings. The zero-order chi connectivity index (χ0) is 16.1. The Morgan fingerprint density at radius 3 is 3.00 bits per heavy atom. The zero-order valence-electron chi connectivity index (χ0n) is 12.5. The molecule has 2 atom stereocenters. The van der Waals surface area contributed by atoms with Crippen LogP contribution in [0.1, 0.15) is 6.42 Å². The Bertz CT molecular complexity index is 531. The molecule has 22 heavy (non-hydrogen) atoms. The number of hydrogen-bond donors (Lipinski definition) is 2. The van der Waals surface area contributed by atoms with Crippen LogP contribution in [0.4, 0.5) is 10.3 Å². The summed E-state index contributed by atoms with van der Waals surface area (Å²) in [4.78, 5) is 20.9. The number of nitrogens with zero attached hydrogens (tertiary/aromatic N) is 3. The van der Waals surface area contributed by atoms with Crippen molar-refractivity contribution in [3.05, 3.63) is 12.0 Å². The van der Waals surface area contributed by atoms with E-state index in [1.807, 2.05) is 0 Å². The summed E-state index contributed by atoms with van der Waals surface area (Å²) < 4.78 is 22.8. The third-order valence-electron chi connectivity index (χ3n) is 3.42. The van der Waals surface area contributed by atoms with Gasteiger partial charge in [0, 0.05) is 20.2 Å². The average Bonchev–Trinajstić information content (AvgIpc) is 2.51. The minimum atomic E-state index is -0.783. The third-order valence-corrected chi connectivity index (χ3v) is 3.42. The minimum absolute atomic E-state index is 0.0108. The summed E-state index contributed by atoms with van der Waals surface area (Å²) in [6, 6.07) is -0.332. The number of hydrogen-bond acceptors (Lipinski definition) is 7. The second-order valence-corrected chi connectivity index (χ2v) is 4.93. The van der Waals surface area contributed by atoms with Crippen molar-refractivity contribution < 1.29 is 23.8 Å². The van der Waals surface area contributed by atoms with Crippen LogP contribution in [0.25, 0.3) is 0 Å². The number of amides is 1. The second-order valence-electron chi connectivity index (χ2n) is 4.93. The standard InChI is InChI=1S/C13H19FN4O4/c1-21-7-11(20)18-4-3-9(10(19)6-18)16-13-15-5-8(14)12(17-13)22-2/h5,9-10,19H,3-4,6-7H2,1-2H3,(H,15,16,17)/t9-,10-/m0/s1. The van der Waals surface area contributed by atoms with E-state index in [0.29, 0.717) is 13.0 Å². The Balaban J connectivity index is 1.96. The summed E-state index contributed by atoms with van der Waals surface area (Å²) in [5.74, 6) is -0.827. The molecule has 0 bridgehead atoms. The first-order chi connectivity index (χ1) is 10.5. The van der Waals surface area contributed by atoms with Crippen LogP contribution in [0.15, 0.2) is 6.20 Å². The van der Waals surface area contributed by atoms with E-state index in [-0.39, 0.29) is 36.9 Å². The van der Waals surface area contributed by atoms with Crippen molar-refractivity contribution in [1.82, 2.24) is 14.9 Å². The van der Waals surface area contributed by atoms with Crippen molar-refractivity contribution >= 4 is 11.9 Å². The zero-order valence-corrected chi connectivity index (χ0v) is 12.5. The van der Waals surface area contributed by atoms with Crippen LogP contribution in [0.2, 0.25) is 0 Å². The van der Waals surface area contributed by atoms with Crippen LogP contribution in [0.3, 0.4) is 0 Å². The number of rotatable bonds is 5. The Labute approximate surface area is 127 Å². The van der Waals surface area contributed by atoms with Crippen molar-refractivity contribution in [2.24, 2.45) is 0 Å². The lowest BCUT2D eigenvalue weighted by molar-refractivity contribution is -0.138. The molecule has 2 heterocycles. The highest BCUT2D eigenvalue weighted by Gasteiger charge is 2.30. The lowest BCUT2D eigenvalue weighted by Crippen LogP contribution is -2.52. The SMILES string of the molecule is COCC(=O)N1CC[C@H](Nc2ncc(F)c(OC)n2)[C@@H](O)C1. The van der Waals surface area contributed by atoms with Gasteiger partial charge in [0.2, 0.25) is 17.7 Å². The molecule has 1 aromatic rings. The number of β-amino-alcohol motifs (C(OH)–C–C–N with tert-alkyl or cyclic N) is 1. The van der Waals surface area contributed by atoms with E-state index in [1.165, 1.54) is 14.2 Å². The molecule has 0 radical (unpaired) electrons. The van der Waals surface area contributed by atoms with E-state index < -0.39 is 11.9 Å². The number of carbonyl (C=O) groups excluding carboxylic acids is 1. The van der Waals surface area contributed by atoms with Crippen molar-refractivity contribution in [1.29, 1.82) is 0 Å². The Kier molecular flexibility index (Phi) is 5.45. The van der Waals surface area contributed by atoms with E-state index in [4.69, 9.17) is 9.47 Å². The second kappa shape index (κ2) is 7.32. The van der Waals surface area contributed by atoms with Gasteiger partial charge in [-0.2, -0.15) is 9.37 Å². The fourth-order valence-electron chi connectivity index (χ4n) is 2.27. The number of ether oxygens (including phenoxy) is 2. The molecule has 8 nitrogen and oxygen atoms in total. The van der Waals surface area contributed by atoms with Gasteiger partial charge in [0.05, 0.1) is 25.5 Å². The van der Waals surface area contributed by atoms with Gasteiger partial charge in [0.25, 0.3) is 5.88 Å². The fraction of sp³-hybridized carbons (Fsp3) is 0.615. The maximum Gasteiger partial charge on any atom is 0.255 e. The summed E-state index contributed by atoms with van der Waals surface area (Å²) in [7, 11) is 2.76. The summed E-state index contributed by atoms with van der Waals surface area (Å²) in [5, 5.41) is 13.1. The maximum atomic E-state index is 13.3. The van der Waals surface area contributed by atoms with Crippen molar-refractivity contribution in [2.75, 3.05) is 39.2 Å². The molecule has 1 aliphatic heterocycles. The van der Waals surface area contributed by atoms with Crippen molar-refractivity contribution in [3.63, 3.8) is 0 Å². The smallest absolute Gasteiger partial charge is 0.255 e. The largest absolute Gasteiger partial charge is 0.479 e. The van der Waals surface area contributed by atoms with Crippen LogP contribution in [0.5, 0.6) is 5.88 Å². The van der Waals surface area contributed by atoms with Crippen LogP contribution in [-0.2, 0) is 9.53 Å². The monoisotopic (exact) mass is 314 g/mol. The van der Waals surface area contributed by atoms with Gasteiger partial charge in [0.15, 0.2) is 0 Å². The molecule has 1 aliphatic rings. The number of aliphatic hydroxyl groups excluding tert-OH is 1. The normalized spacial score (nSPS) is 21.5. The van der Waals surface area contributed by atoms with Crippen molar-refractivity contribution in [3.8, 4) is 5.88 Å². The van der Waals surface area contributed by atoms with Crippen molar-refractivity contribution in [2.45, 2.75) is 18.6 Å². The number of piperidine rings is 1. The first-order valence-corrected chi connectivity index (χ1v) is 6.83. The Morgan fingerprint density at radius 2 is 2.36 bits per heavy atom. The number of anilines is 1. The summed E-state index contributed by atoms with van der Waals surface area (Å²) >= 11 is 0. The quantitative estimate of drug-likeness (QED) is 0.766. The molecule has 0 spiro atoms. The molecule has 0 aliphatic carbocycles. The van der Waals surface area contributed by atoms with E-state index in [1.54, 1.807) is 4.90 Å². The summed E-state index contributed by atoms with van der Waals surface area (Å²) in [5.41, 5.74) is 0. The predicted octanol–water partition coefficient (Wildman–Crippen LogP) is -0.356. The van der Waals surface area contributed by atoms with Crippen LogP contribution >= 0.6 is 0 Å². The number of likely N-dealkylation sites (tertiary alicyclic amines) is 1. The molecule has 1 amide bonds. The molecule has 2 N–H and O–H groups in total. The first kappa shape index (κ1) is 16.4. The third kappa shape index (κ3) is 3.80. The lowest BCUT2D eigenvalue weighted by Gasteiger charge is -2.36. The minimum Gasteiger partial charge on any atom is -0.479 e.